The highest BCUT2D eigenvalue weighted by atomic mass is 127. The molecule has 0 bridgehead atoms. The Morgan fingerprint density at radius 3 is 2.48 bits per heavy atom. The molecule has 3 aromatic carbocycles. The number of benzene rings is 3. The zero-order valence-corrected chi connectivity index (χ0v) is 20.9. The lowest BCUT2D eigenvalue weighted by Gasteiger charge is -2.11. The van der Waals surface area contributed by atoms with Crippen molar-refractivity contribution in [2.45, 2.75) is 13.5 Å². The summed E-state index contributed by atoms with van der Waals surface area (Å²) in [6.07, 6.45) is 1.61. The number of fused-ring (bicyclic) bond motifs is 1. The molecule has 156 valence electrons. The lowest BCUT2D eigenvalue weighted by molar-refractivity contribution is 0.0929. The Balaban J connectivity index is 1.40. The van der Waals surface area contributed by atoms with Crippen molar-refractivity contribution in [2.75, 3.05) is 0 Å². The summed E-state index contributed by atoms with van der Waals surface area (Å²) >= 11 is 4.50. The maximum atomic E-state index is 12.3. The molecule has 7 heteroatoms. The molecule has 0 aliphatic carbocycles. The molecule has 0 saturated carbocycles. The second-order valence-corrected chi connectivity index (χ2v) is 9.26. The third-order valence-electron chi connectivity index (χ3n) is 4.55. The van der Waals surface area contributed by atoms with E-state index in [9.17, 15) is 4.79 Å². The molecule has 0 spiro atoms. The number of hydrogen-bond acceptors (Lipinski definition) is 4. The van der Waals surface area contributed by atoms with Gasteiger partial charge in [0, 0.05) is 5.39 Å². The van der Waals surface area contributed by atoms with Crippen molar-refractivity contribution in [1.82, 2.24) is 5.43 Å². The SMILES string of the molecule is Cc1ccc(COc2c(I)cc(/C=N/NC(=O)c3cc4ccccc4o3)cc2I)cc1. The van der Waals surface area contributed by atoms with Crippen molar-refractivity contribution < 1.29 is 13.9 Å². The van der Waals surface area contributed by atoms with E-state index in [2.05, 4.69) is 86.9 Å². The van der Waals surface area contributed by atoms with Crippen LogP contribution in [0.2, 0.25) is 0 Å². The van der Waals surface area contributed by atoms with Gasteiger partial charge in [0.2, 0.25) is 0 Å². The predicted octanol–water partition coefficient (Wildman–Crippen LogP) is 6.29. The summed E-state index contributed by atoms with van der Waals surface area (Å²) in [5.74, 6) is 0.669. The largest absolute Gasteiger partial charge is 0.487 e. The number of nitrogens with zero attached hydrogens (tertiary/aromatic N) is 1. The van der Waals surface area contributed by atoms with Gasteiger partial charge >= 0.3 is 5.91 Å². The summed E-state index contributed by atoms with van der Waals surface area (Å²) in [6.45, 7) is 2.57. The van der Waals surface area contributed by atoms with Crippen LogP contribution in [-0.2, 0) is 6.61 Å². The Bertz CT molecular complexity index is 1210. The molecule has 1 aromatic heterocycles. The number of furan rings is 1. The van der Waals surface area contributed by atoms with E-state index in [1.807, 2.05) is 36.4 Å². The Morgan fingerprint density at radius 2 is 1.77 bits per heavy atom. The van der Waals surface area contributed by atoms with Gasteiger partial charge < -0.3 is 9.15 Å². The summed E-state index contributed by atoms with van der Waals surface area (Å²) in [6, 6.07) is 21.4. The monoisotopic (exact) mass is 636 g/mol. The van der Waals surface area contributed by atoms with E-state index in [1.54, 1.807) is 12.3 Å². The van der Waals surface area contributed by atoms with Gasteiger partial charge in [-0.2, -0.15) is 5.10 Å². The number of nitrogens with one attached hydrogen (secondary N) is 1. The van der Waals surface area contributed by atoms with Gasteiger partial charge in [-0.3, -0.25) is 4.79 Å². The molecule has 1 N–H and O–H groups in total. The fourth-order valence-electron chi connectivity index (χ4n) is 2.95. The third-order valence-corrected chi connectivity index (χ3v) is 6.16. The fraction of sp³-hybridized carbons (Fsp3) is 0.0833. The molecule has 31 heavy (non-hydrogen) atoms. The van der Waals surface area contributed by atoms with Crippen molar-refractivity contribution in [3.8, 4) is 5.75 Å². The number of carbonyl (C=O) groups excluding carboxylic acids is 1. The highest BCUT2D eigenvalue weighted by Crippen LogP contribution is 2.29. The van der Waals surface area contributed by atoms with Crippen LogP contribution >= 0.6 is 45.2 Å². The lowest BCUT2D eigenvalue weighted by Crippen LogP contribution is -2.16. The van der Waals surface area contributed by atoms with Gasteiger partial charge in [-0.1, -0.05) is 48.0 Å². The summed E-state index contributed by atoms with van der Waals surface area (Å²) in [7, 11) is 0. The number of hydrogen-bond donors (Lipinski definition) is 1. The molecule has 1 amide bonds. The maximum absolute atomic E-state index is 12.3. The predicted molar refractivity (Wildman–Crippen MR) is 139 cm³/mol. The first kappa shape index (κ1) is 21.8. The molecule has 0 radical (unpaired) electrons. The van der Waals surface area contributed by atoms with Crippen LogP contribution < -0.4 is 10.2 Å². The molecule has 4 rings (SSSR count). The average molecular weight is 636 g/mol. The van der Waals surface area contributed by atoms with Gasteiger partial charge in [-0.25, -0.2) is 5.43 Å². The molecule has 0 fully saturated rings. The van der Waals surface area contributed by atoms with Crippen molar-refractivity contribution in [3.63, 3.8) is 0 Å². The van der Waals surface area contributed by atoms with Crippen LogP contribution in [0.3, 0.4) is 0 Å². The molecule has 0 atom stereocenters. The number of para-hydroxylation sites is 1. The lowest BCUT2D eigenvalue weighted by atomic mass is 10.2. The van der Waals surface area contributed by atoms with Crippen molar-refractivity contribution >= 4 is 68.3 Å². The summed E-state index contributed by atoms with van der Waals surface area (Å²) in [5.41, 5.74) is 6.39. The molecular formula is C24H18I2N2O3. The normalized spacial score (nSPS) is 11.2. The second kappa shape index (κ2) is 9.82. The minimum atomic E-state index is -0.394. The van der Waals surface area contributed by atoms with E-state index in [-0.39, 0.29) is 5.76 Å². The minimum Gasteiger partial charge on any atom is -0.487 e. The second-order valence-electron chi connectivity index (χ2n) is 6.94. The highest BCUT2D eigenvalue weighted by molar-refractivity contribution is 14.1. The number of rotatable bonds is 6. The first-order valence-electron chi connectivity index (χ1n) is 9.49. The molecule has 0 aliphatic rings. The first-order valence-corrected chi connectivity index (χ1v) is 11.6. The summed E-state index contributed by atoms with van der Waals surface area (Å²) < 4.78 is 13.5. The molecule has 5 nitrogen and oxygen atoms in total. The van der Waals surface area contributed by atoms with Crippen molar-refractivity contribution in [1.29, 1.82) is 0 Å². The Morgan fingerprint density at radius 1 is 1.06 bits per heavy atom. The highest BCUT2D eigenvalue weighted by Gasteiger charge is 2.12. The van der Waals surface area contributed by atoms with E-state index in [0.717, 1.165) is 29.4 Å². The number of amides is 1. The molecule has 0 aliphatic heterocycles. The van der Waals surface area contributed by atoms with Gasteiger partial charge in [-0.05, 0) is 87.5 Å². The van der Waals surface area contributed by atoms with Crippen LogP contribution in [0.15, 0.2) is 76.2 Å². The topological polar surface area (TPSA) is 63.8 Å². The number of halogens is 2. The molecule has 0 unspecified atom stereocenters. The smallest absolute Gasteiger partial charge is 0.307 e. The third kappa shape index (κ3) is 5.45. The molecular weight excluding hydrogens is 618 g/mol. The minimum absolute atomic E-state index is 0.224. The van der Waals surface area contributed by atoms with Crippen LogP contribution in [-0.4, -0.2) is 12.1 Å². The Hall–Kier alpha value is -2.40. The number of aryl methyl sites for hydroxylation is 1. The van der Waals surface area contributed by atoms with Crippen LogP contribution in [0, 0.1) is 14.1 Å². The number of hydrazone groups is 1. The van der Waals surface area contributed by atoms with E-state index in [0.29, 0.717) is 12.2 Å². The molecule has 0 saturated heterocycles. The summed E-state index contributed by atoms with van der Waals surface area (Å²) in [5, 5.41) is 4.95. The standard InChI is InChI=1S/C24H18I2N2O3/c1-15-6-8-16(9-7-15)14-30-23-19(25)10-17(11-20(23)26)13-27-28-24(29)22-12-18-4-2-3-5-21(18)31-22/h2-13H,14H2,1H3,(H,28,29)/b27-13+. The quantitative estimate of drug-likeness (QED) is 0.154. The van der Waals surface area contributed by atoms with Crippen molar-refractivity contribution in [3.05, 3.63) is 96.3 Å². The van der Waals surface area contributed by atoms with Gasteiger partial charge in [0.25, 0.3) is 0 Å². The van der Waals surface area contributed by atoms with Gasteiger partial charge in [0.1, 0.15) is 17.9 Å². The van der Waals surface area contributed by atoms with Gasteiger partial charge in [0.05, 0.1) is 13.4 Å². The van der Waals surface area contributed by atoms with E-state index >= 15 is 0 Å². The van der Waals surface area contributed by atoms with E-state index in [1.165, 1.54) is 5.56 Å². The molecule has 1 heterocycles. The number of carbonyl (C=O) groups is 1. The van der Waals surface area contributed by atoms with Gasteiger partial charge in [-0.15, -0.1) is 0 Å². The Labute approximate surface area is 207 Å². The fourth-order valence-corrected chi connectivity index (χ4v) is 5.07. The maximum Gasteiger partial charge on any atom is 0.307 e. The van der Waals surface area contributed by atoms with E-state index < -0.39 is 5.91 Å². The van der Waals surface area contributed by atoms with Crippen LogP contribution in [0.25, 0.3) is 11.0 Å². The van der Waals surface area contributed by atoms with Crippen LogP contribution in [0.4, 0.5) is 0 Å². The zero-order valence-electron chi connectivity index (χ0n) is 16.6. The van der Waals surface area contributed by atoms with Crippen LogP contribution in [0.5, 0.6) is 5.75 Å². The number of ether oxygens (including phenoxy) is 1. The van der Waals surface area contributed by atoms with Gasteiger partial charge in [0.15, 0.2) is 5.76 Å². The van der Waals surface area contributed by atoms with Crippen molar-refractivity contribution in [2.24, 2.45) is 5.10 Å². The first-order chi connectivity index (χ1) is 15.0. The summed E-state index contributed by atoms with van der Waals surface area (Å²) in [4.78, 5) is 12.3. The van der Waals surface area contributed by atoms with Crippen LogP contribution in [0.1, 0.15) is 27.2 Å². The zero-order chi connectivity index (χ0) is 21.8. The average Bonchev–Trinajstić information content (AvgIpc) is 3.19. The molecule has 4 aromatic rings. The van der Waals surface area contributed by atoms with E-state index in [4.69, 9.17) is 9.15 Å². The Kier molecular flexibility index (Phi) is 6.91.